The smallest absolute Gasteiger partial charge is 0.326 e. The highest BCUT2D eigenvalue weighted by Crippen LogP contribution is 2.46. The molecule has 0 bridgehead atoms. The average Bonchev–Trinajstić information content (AvgIpc) is 3.41. The third-order valence-corrected chi connectivity index (χ3v) is 10.2. The second-order valence-electron chi connectivity index (χ2n) is 11.3. The Morgan fingerprint density at radius 1 is 1.00 bits per heavy atom. The lowest BCUT2D eigenvalue weighted by atomic mass is 9.93. The van der Waals surface area contributed by atoms with Gasteiger partial charge >= 0.3 is 6.03 Å². The molecule has 3 aromatic rings. The van der Waals surface area contributed by atoms with Crippen molar-refractivity contribution in [3.05, 3.63) is 87.4 Å². The van der Waals surface area contributed by atoms with Gasteiger partial charge < -0.3 is 19.9 Å². The molecule has 1 fully saturated rings. The summed E-state index contributed by atoms with van der Waals surface area (Å²) in [7, 11) is 2.46. The van der Waals surface area contributed by atoms with E-state index in [1.165, 1.54) is 25.1 Å². The second-order valence-corrected chi connectivity index (χ2v) is 14.3. The van der Waals surface area contributed by atoms with Crippen molar-refractivity contribution in [3.8, 4) is 5.75 Å². The molecule has 3 amide bonds. The van der Waals surface area contributed by atoms with Crippen LogP contribution >= 0.6 is 35.6 Å². The summed E-state index contributed by atoms with van der Waals surface area (Å²) in [6.45, 7) is 2.53. The molecule has 1 saturated heterocycles. The second kappa shape index (κ2) is 15.8. The van der Waals surface area contributed by atoms with Crippen LogP contribution in [-0.2, 0) is 14.8 Å². The molecule has 0 unspecified atom stereocenters. The van der Waals surface area contributed by atoms with Crippen molar-refractivity contribution in [3.63, 3.8) is 0 Å². The zero-order chi connectivity index (χ0) is 33.3. The lowest BCUT2D eigenvalue weighted by Crippen LogP contribution is -2.55. The maximum Gasteiger partial charge on any atom is 0.326 e. The summed E-state index contributed by atoms with van der Waals surface area (Å²) in [5.41, 5.74) is 2.24. The number of piperazine rings is 1. The van der Waals surface area contributed by atoms with Crippen molar-refractivity contribution in [2.24, 2.45) is 4.99 Å². The highest BCUT2D eigenvalue weighted by atomic mass is 35.5. The van der Waals surface area contributed by atoms with Gasteiger partial charge in [-0.25, -0.2) is 17.5 Å². The normalized spacial score (nSPS) is 17.7. The molecule has 2 aliphatic heterocycles. The molecule has 0 aliphatic carbocycles. The molecule has 0 radical (unpaired) electrons. The van der Waals surface area contributed by atoms with Gasteiger partial charge in [-0.05, 0) is 48.4 Å². The predicted molar refractivity (Wildman–Crippen MR) is 194 cm³/mol. The number of rotatable bonds is 8. The van der Waals surface area contributed by atoms with E-state index in [2.05, 4.69) is 5.32 Å². The Morgan fingerprint density at radius 2 is 1.58 bits per heavy atom. The van der Waals surface area contributed by atoms with Gasteiger partial charge in [0.05, 0.1) is 23.9 Å². The minimum Gasteiger partial charge on any atom is -0.493 e. The number of sulfonamides is 1. The lowest BCUT2D eigenvalue weighted by Gasteiger charge is -2.36. The van der Waals surface area contributed by atoms with Gasteiger partial charge in [0.15, 0.2) is 0 Å². The number of benzene rings is 3. The minimum atomic E-state index is -3.96. The first kappa shape index (κ1) is 38.9. The molecule has 11 nitrogen and oxygen atoms in total. The molecular weight excluding hydrogens is 699 g/mol. The largest absolute Gasteiger partial charge is 0.493 e. The third kappa shape index (κ3) is 7.68. The molecule has 0 saturated carbocycles. The molecule has 0 spiro atoms. The Kier molecular flexibility index (Phi) is 12.8. The fourth-order valence-electron chi connectivity index (χ4n) is 5.56. The van der Waals surface area contributed by atoms with Crippen LogP contribution in [0.1, 0.15) is 43.1 Å². The number of carbonyl (C=O) groups excluding carboxylic acids is 2. The number of urea groups is 1. The van der Waals surface area contributed by atoms with Crippen LogP contribution in [0.3, 0.4) is 0 Å². The molecule has 3 aromatic carbocycles. The summed E-state index contributed by atoms with van der Waals surface area (Å²) in [4.78, 5) is 36.9. The molecule has 2 aliphatic rings. The van der Waals surface area contributed by atoms with Gasteiger partial charge in [0.2, 0.25) is 15.9 Å². The monoisotopic (exact) mass is 738 g/mol. The predicted octanol–water partition coefficient (Wildman–Crippen LogP) is 5.86. The van der Waals surface area contributed by atoms with Gasteiger partial charge in [-0.2, -0.15) is 0 Å². The molecule has 1 N–H and O–H groups in total. The Labute approximate surface area is 298 Å². The standard InChI is InChI=1S/C32H36Cl2N6O5S.CH4.ClH/c1-6-45-26-18-25(37(2)3)27(46(43,44)38(4)5)17-24(26)31-36-29(20-7-11-22(33)12-8-20)30(21-9-13-23(34)14-10-21)40(31)32(42)39-16-15-35-28(41)19-39;;/h7-14,17-18,29-30H,6,15-16,19H2,1-5H3,(H,35,41);1H4;1H/t29-,30+;;/m0../s1. The van der Waals surface area contributed by atoms with E-state index >= 15 is 0 Å². The number of amides is 3. The minimum absolute atomic E-state index is 0. The first-order chi connectivity index (χ1) is 21.8. The summed E-state index contributed by atoms with van der Waals surface area (Å²) in [5, 5.41) is 3.82. The van der Waals surface area contributed by atoms with Crippen molar-refractivity contribution in [2.75, 3.05) is 59.3 Å². The number of halogens is 3. The van der Waals surface area contributed by atoms with Crippen molar-refractivity contribution >= 4 is 69.1 Å². The first-order valence-corrected chi connectivity index (χ1v) is 16.9. The zero-order valence-corrected chi connectivity index (χ0v) is 29.8. The number of hydrogen-bond acceptors (Lipinski definition) is 7. The van der Waals surface area contributed by atoms with Gasteiger partial charge in [-0.15, -0.1) is 12.4 Å². The van der Waals surface area contributed by atoms with Crippen molar-refractivity contribution < 1.29 is 22.7 Å². The SMILES string of the molecule is C.CCOc1cc(N(C)C)c(S(=O)(=O)N(C)C)cc1C1=N[C@@H](c2ccc(Cl)cc2)[C@@H](c2ccc(Cl)cc2)N1C(=O)N1CCNC(=O)C1.Cl. The van der Waals surface area contributed by atoms with E-state index in [-0.39, 0.29) is 56.2 Å². The number of anilines is 1. The molecular formula is C33H41Cl3N6O5S. The number of nitrogens with one attached hydrogen (secondary N) is 1. The van der Waals surface area contributed by atoms with Crippen LogP contribution < -0.4 is 15.0 Å². The molecule has 0 aromatic heterocycles. The van der Waals surface area contributed by atoms with Crippen LogP contribution in [0.25, 0.3) is 0 Å². The maximum absolute atomic E-state index is 14.6. The van der Waals surface area contributed by atoms with Crippen LogP contribution in [0, 0.1) is 0 Å². The van der Waals surface area contributed by atoms with E-state index < -0.39 is 28.1 Å². The summed E-state index contributed by atoms with van der Waals surface area (Å²) in [6, 6.07) is 15.7. The Hall–Kier alpha value is -3.55. The number of amidine groups is 1. The molecule has 48 heavy (non-hydrogen) atoms. The fourth-order valence-corrected chi connectivity index (χ4v) is 6.98. The molecule has 2 heterocycles. The number of hydrogen-bond donors (Lipinski definition) is 1. The van der Waals surface area contributed by atoms with Gasteiger partial charge in [0.1, 0.15) is 29.1 Å². The van der Waals surface area contributed by atoms with Crippen molar-refractivity contribution in [1.29, 1.82) is 0 Å². The van der Waals surface area contributed by atoms with Gasteiger partial charge in [-0.3, -0.25) is 14.7 Å². The average molecular weight is 740 g/mol. The van der Waals surface area contributed by atoms with Crippen LogP contribution in [-0.4, -0.2) is 94.7 Å². The van der Waals surface area contributed by atoms with E-state index in [9.17, 15) is 18.0 Å². The summed E-state index contributed by atoms with van der Waals surface area (Å²) in [6.07, 6.45) is 0. The van der Waals surface area contributed by atoms with E-state index in [0.29, 0.717) is 33.6 Å². The number of nitrogens with zero attached hydrogens (tertiary/aromatic N) is 5. The highest BCUT2D eigenvalue weighted by Gasteiger charge is 2.45. The third-order valence-electron chi connectivity index (χ3n) is 7.85. The fraction of sp³-hybridized carbons (Fsp3) is 0.364. The van der Waals surface area contributed by atoms with Gasteiger partial charge in [0.25, 0.3) is 0 Å². The Morgan fingerprint density at radius 3 is 2.10 bits per heavy atom. The first-order valence-electron chi connectivity index (χ1n) is 14.7. The van der Waals surface area contributed by atoms with Gasteiger partial charge in [-0.1, -0.05) is 54.9 Å². The summed E-state index contributed by atoms with van der Waals surface area (Å²) >= 11 is 12.5. The number of carbonyl (C=O) groups is 2. The highest BCUT2D eigenvalue weighted by molar-refractivity contribution is 7.89. The van der Waals surface area contributed by atoms with Crippen LogP contribution in [0.2, 0.25) is 10.0 Å². The molecule has 15 heteroatoms. The van der Waals surface area contributed by atoms with E-state index in [0.717, 1.165) is 15.4 Å². The van der Waals surface area contributed by atoms with Crippen LogP contribution in [0.4, 0.5) is 10.5 Å². The van der Waals surface area contributed by atoms with E-state index in [1.807, 2.05) is 31.2 Å². The van der Waals surface area contributed by atoms with Crippen LogP contribution in [0.5, 0.6) is 5.75 Å². The van der Waals surface area contributed by atoms with Crippen LogP contribution in [0.15, 0.2) is 70.6 Å². The van der Waals surface area contributed by atoms with Crippen molar-refractivity contribution in [1.82, 2.24) is 19.4 Å². The molecule has 2 atom stereocenters. The summed E-state index contributed by atoms with van der Waals surface area (Å²) in [5.74, 6) is 0.280. The maximum atomic E-state index is 14.6. The number of ether oxygens (including phenoxy) is 1. The van der Waals surface area contributed by atoms with Gasteiger partial charge in [0, 0.05) is 57.4 Å². The number of aliphatic imine (C=N–C) groups is 1. The van der Waals surface area contributed by atoms with E-state index in [4.69, 9.17) is 32.9 Å². The zero-order valence-electron chi connectivity index (χ0n) is 26.6. The Balaban J connectivity index is 0.00000312. The topological polar surface area (TPSA) is 115 Å². The molecule has 5 rings (SSSR count). The lowest BCUT2D eigenvalue weighted by molar-refractivity contribution is -0.123. The molecule has 260 valence electrons. The van der Waals surface area contributed by atoms with E-state index in [1.54, 1.807) is 54.2 Å². The quantitative estimate of drug-likeness (QED) is 0.310. The van der Waals surface area contributed by atoms with Crippen molar-refractivity contribution in [2.45, 2.75) is 31.3 Å². The summed E-state index contributed by atoms with van der Waals surface area (Å²) < 4.78 is 34.6. The Bertz CT molecular complexity index is 1770.